The molecule has 148 valence electrons. The molecule has 1 N–H and O–H groups in total. The van der Waals surface area contributed by atoms with E-state index in [0.717, 1.165) is 65.0 Å². The van der Waals surface area contributed by atoms with Crippen molar-refractivity contribution in [2.75, 3.05) is 39.4 Å². The normalized spacial score (nSPS) is 15.2. The van der Waals surface area contributed by atoms with Gasteiger partial charge in [0, 0.05) is 44.5 Å². The summed E-state index contributed by atoms with van der Waals surface area (Å²) in [6, 6.07) is 5.70. The van der Waals surface area contributed by atoms with Gasteiger partial charge in [0.15, 0.2) is 0 Å². The number of nitrogens with zero attached hydrogens (tertiary/aromatic N) is 4. The maximum absolute atomic E-state index is 12.5. The lowest BCUT2D eigenvalue weighted by Crippen LogP contribution is -2.41. The first-order valence-corrected chi connectivity index (χ1v) is 10.3. The van der Waals surface area contributed by atoms with Gasteiger partial charge in [-0.25, -0.2) is 4.98 Å². The van der Waals surface area contributed by atoms with Crippen LogP contribution in [0.5, 0.6) is 0 Å². The number of hydrogen-bond acceptors (Lipinski definition) is 6. The first-order chi connectivity index (χ1) is 13.5. The van der Waals surface area contributed by atoms with E-state index in [9.17, 15) is 4.79 Å². The van der Waals surface area contributed by atoms with Crippen molar-refractivity contribution in [2.45, 2.75) is 13.8 Å². The zero-order valence-electron chi connectivity index (χ0n) is 16.5. The third-order valence-electron chi connectivity index (χ3n) is 5.19. The number of aryl methyl sites for hydroxylation is 2. The van der Waals surface area contributed by atoms with E-state index in [1.54, 1.807) is 11.3 Å². The lowest BCUT2D eigenvalue weighted by molar-refractivity contribution is 0.0383. The molecule has 1 fully saturated rings. The molecule has 1 aliphatic heterocycles. The topological polar surface area (TPSA) is 72.3 Å². The average Bonchev–Trinajstić information content (AvgIpc) is 3.21. The number of amides is 1. The van der Waals surface area contributed by atoms with Crippen molar-refractivity contribution < 1.29 is 9.53 Å². The number of hydrogen-bond donors (Lipinski definition) is 1. The third kappa shape index (κ3) is 3.80. The number of fused-ring (bicyclic) bond motifs is 1. The monoisotopic (exact) mass is 399 g/mol. The summed E-state index contributed by atoms with van der Waals surface area (Å²) in [6.07, 6.45) is 0. The fourth-order valence-corrected chi connectivity index (χ4v) is 4.66. The van der Waals surface area contributed by atoms with Gasteiger partial charge < -0.3 is 10.1 Å². The molecule has 1 aromatic carbocycles. The molecule has 0 bridgehead atoms. The SMILES string of the molecule is Cc1nn(C)c(C)c1-c1nc2ccc(C(=O)NCCN3CCOCC3)cc2s1. The number of morpholine rings is 1. The van der Waals surface area contributed by atoms with Crippen molar-refractivity contribution in [2.24, 2.45) is 7.05 Å². The number of ether oxygens (including phenoxy) is 1. The number of carbonyl (C=O) groups is 1. The molecule has 1 aliphatic rings. The summed E-state index contributed by atoms with van der Waals surface area (Å²) in [5.41, 5.74) is 4.73. The van der Waals surface area contributed by atoms with Gasteiger partial charge in [-0.2, -0.15) is 5.10 Å². The molecule has 7 nitrogen and oxygen atoms in total. The molecule has 4 rings (SSSR count). The van der Waals surface area contributed by atoms with Crippen molar-refractivity contribution in [1.29, 1.82) is 0 Å². The van der Waals surface area contributed by atoms with Gasteiger partial charge in [-0.15, -0.1) is 11.3 Å². The lowest BCUT2D eigenvalue weighted by Gasteiger charge is -2.26. The second kappa shape index (κ2) is 7.98. The van der Waals surface area contributed by atoms with Gasteiger partial charge in [0.25, 0.3) is 5.91 Å². The minimum absolute atomic E-state index is 0.0427. The Morgan fingerprint density at radius 3 is 2.79 bits per heavy atom. The van der Waals surface area contributed by atoms with Crippen molar-refractivity contribution in [1.82, 2.24) is 25.0 Å². The molecule has 0 radical (unpaired) electrons. The third-order valence-corrected chi connectivity index (χ3v) is 6.23. The van der Waals surface area contributed by atoms with Crippen LogP contribution in [0.1, 0.15) is 21.7 Å². The molecular formula is C20H25N5O2S. The summed E-state index contributed by atoms with van der Waals surface area (Å²) in [7, 11) is 1.94. The summed E-state index contributed by atoms with van der Waals surface area (Å²) in [5.74, 6) is -0.0427. The molecular weight excluding hydrogens is 374 g/mol. The Morgan fingerprint density at radius 2 is 2.07 bits per heavy atom. The number of rotatable bonds is 5. The van der Waals surface area contributed by atoms with Crippen LogP contribution in [0, 0.1) is 13.8 Å². The van der Waals surface area contributed by atoms with Gasteiger partial charge in [0.1, 0.15) is 5.01 Å². The van der Waals surface area contributed by atoms with Crippen molar-refractivity contribution >= 4 is 27.5 Å². The molecule has 1 amide bonds. The Balaban J connectivity index is 1.47. The lowest BCUT2D eigenvalue weighted by atomic mass is 10.2. The molecule has 2 aromatic heterocycles. The summed E-state index contributed by atoms with van der Waals surface area (Å²) in [5, 5.41) is 8.45. The van der Waals surface area contributed by atoms with E-state index >= 15 is 0 Å². The Kier molecular flexibility index (Phi) is 5.43. The molecule has 3 heterocycles. The van der Waals surface area contributed by atoms with Gasteiger partial charge in [0.05, 0.1) is 34.7 Å². The number of nitrogens with one attached hydrogen (secondary N) is 1. The van der Waals surface area contributed by atoms with Crippen LogP contribution < -0.4 is 5.32 Å². The fraction of sp³-hybridized carbons (Fsp3) is 0.450. The molecule has 8 heteroatoms. The smallest absolute Gasteiger partial charge is 0.251 e. The van der Waals surface area contributed by atoms with Crippen molar-refractivity contribution in [3.8, 4) is 10.6 Å². The van der Waals surface area contributed by atoms with Gasteiger partial charge in [-0.05, 0) is 32.0 Å². The second-order valence-corrected chi connectivity index (χ2v) is 8.11. The van der Waals surface area contributed by atoms with Crippen molar-refractivity contribution in [3.05, 3.63) is 35.2 Å². The number of thiazole rings is 1. The number of benzene rings is 1. The quantitative estimate of drug-likeness (QED) is 0.713. The van der Waals surface area contributed by atoms with Crippen LogP contribution in [0.3, 0.4) is 0 Å². The van der Waals surface area contributed by atoms with Crippen LogP contribution in [0.4, 0.5) is 0 Å². The van der Waals surface area contributed by atoms with Crippen LogP contribution in [-0.2, 0) is 11.8 Å². The molecule has 3 aromatic rings. The molecule has 0 unspecified atom stereocenters. The highest BCUT2D eigenvalue weighted by Gasteiger charge is 2.17. The van der Waals surface area contributed by atoms with Crippen LogP contribution in [-0.4, -0.2) is 65.0 Å². The predicted octanol–water partition coefficient (Wildman–Crippen LogP) is 2.38. The van der Waals surface area contributed by atoms with Gasteiger partial charge in [-0.1, -0.05) is 0 Å². The molecule has 0 atom stereocenters. The minimum Gasteiger partial charge on any atom is -0.379 e. The zero-order valence-corrected chi connectivity index (χ0v) is 17.3. The Labute approximate surface area is 168 Å². The molecule has 0 saturated carbocycles. The fourth-order valence-electron chi connectivity index (χ4n) is 3.51. The van der Waals surface area contributed by atoms with Crippen LogP contribution in [0.15, 0.2) is 18.2 Å². The molecule has 28 heavy (non-hydrogen) atoms. The van der Waals surface area contributed by atoms with Crippen LogP contribution in [0.2, 0.25) is 0 Å². The van der Waals surface area contributed by atoms with E-state index in [-0.39, 0.29) is 5.91 Å². The Bertz CT molecular complexity index is 1000. The van der Waals surface area contributed by atoms with Gasteiger partial charge in [-0.3, -0.25) is 14.4 Å². The standard InChI is InChI=1S/C20H25N5O2S/c1-13-18(14(2)24(3)23-13)20-22-16-5-4-15(12-17(16)28-20)19(26)21-6-7-25-8-10-27-11-9-25/h4-5,12H,6-11H2,1-3H3,(H,21,26). The minimum atomic E-state index is -0.0427. The van der Waals surface area contributed by atoms with Crippen LogP contribution in [0.25, 0.3) is 20.8 Å². The summed E-state index contributed by atoms with van der Waals surface area (Å²) in [6.45, 7) is 8.94. The highest BCUT2D eigenvalue weighted by molar-refractivity contribution is 7.21. The maximum atomic E-state index is 12.5. The molecule has 1 saturated heterocycles. The van der Waals surface area contributed by atoms with Crippen molar-refractivity contribution in [3.63, 3.8) is 0 Å². The Hall–Kier alpha value is -2.29. The van der Waals surface area contributed by atoms with E-state index in [2.05, 4.69) is 22.2 Å². The Morgan fingerprint density at radius 1 is 1.29 bits per heavy atom. The molecule has 0 aliphatic carbocycles. The van der Waals surface area contributed by atoms with E-state index < -0.39 is 0 Å². The average molecular weight is 400 g/mol. The second-order valence-electron chi connectivity index (χ2n) is 7.08. The van der Waals surface area contributed by atoms with E-state index in [1.165, 1.54) is 0 Å². The zero-order chi connectivity index (χ0) is 19.7. The van der Waals surface area contributed by atoms with Gasteiger partial charge in [0.2, 0.25) is 0 Å². The first-order valence-electron chi connectivity index (χ1n) is 9.52. The predicted molar refractivity (Wildman–Crippen MR) is 111 cm³/mol. The highest BCUT2D eigenvalue weighted by Crippen LogP contribution is 2.34. The highest BCUT2D eigenvalue weighted by atomic mass is 32.1. The molecule has 0 spiro atoms. The van der Waals surface area contributed by atoms with Gasteiger partial charge >= 0.3 is 0 Å². The first kappa shape index (κ1) is 19.0. The van der Waals surface area contributed by atoms with Crippen LogP contribution >= 0.6 is 11.3 Å². The summed E-state index contributed by atoms with van der Waals surface area (Å²) >= 11 is 1.60. The van der Waals surface area contributed by atoms with E-state index in [1.807, 2.05) is 36.9 Å². The van der Waals surface area contributed by atoms with E-state index in [0.29, 0.717) is 12.1 Å². The summed E-state index contributed by atoms with van der Waals surface area (Å²) < 4.78 is 8.24. The number of carbonyl (C=O) groups excluding carboxylic acids is 1. The summed E-state index contributed by atoms with van der Waals surface area (Å²) in [4.78, 5) is 19.6. The number of aromatic nitrogens is 3. The maximum Gasteiger partial charge on any atom is 0.251 e. The van der Waals surface area contributed by atoms with E-state index in [4.69, 9.17) is 9.72 Å². The largest absolute Gasteiger partial charge is 0.379 e.